The molecule has 0 saturated carbocycles. The van der Waals surface area contributed by atoms with Gasteiger partial charge in [-0.3, -0.25) is 4.90 Å². The summed E-state index contributed by atoms with van der Waals surface area (Å²) in [6.45, 7) is 8.59. The van der Waals surface area contributed by atoms with Crippen LogP contribution >= 0.6 is 0 Å². The number of imidazole rings is 1. The summed E-state index contributed by atoms with van der Waals surface area (Å²) < 4.78 is 2.15. The normalized spacial score (nSPS) is 18.3. The van der Waals surface area contributed by atoms with E-state index in [1.54, 1.807) is 6.33 Å². The highest BCUT2D eigenvalue weighted by Gasteiger charge is 2.20. The largest absolute Gasteiger partial charge is 0.369 e. The lowest BCUT2D eigenvalue weighted by Crippen LogP contribution is -2.47. The number of rotatable bonds is 5. The minimum absolute atomic E-state index is 1.01. The summed E-state index contributed by atoms with van der Waals surface area (Å²) in [6, 6.07) is 6.66. The van der Waals surface area contributed by atoms with Gasteiger partial charge in [0.05, 0.1) is 11.8 Å². The van der Waals surface area contributed by atoms with Crippen LogP contribution in [-0.4, -0.2) is 70.2 Å². The van der Waals surface area contributed by atoms with Crippen LogP contribution in [0.25, 0.3) is 10.9 Å². The molecule has 7 heteroatoms. The van der Waals surface area contributed by atoms with Crippen molar-refractivity contribution in [2.75, 3.05) is 55.6 Å². The molecular formula is C21H27N7. The minimum Gasteiger partial charge on any atom is -0.369 e. The van der Waals surface area contributed by atoms with E-state index in [9.17, 15) is 0 Å². The zero-order chi connectivity index (χ0) is 18.8. The topological polar surface area (TPSA) is 53.3 Å². The Bertz CT molecular complexity index is 910. The van der Waals surface area contributed by atoms with Gasteiger partial charge in [-0.15, -0.1) is 0 Å². The van der Waals surface area contributed by atoms with Crippen LogP contribution < -0.4 is 9.80 Å². The van der Waals surface area contributed by atoms with Gasteiger partial charge in [0.25, 0.3) is 0 Å². The fourth-order valence-corrected chi connectivity index (χ4v) is 4.31. The lowest BCUT2D eigenvalue weighted by Gasteiger charge is -2.36. The number of aromatic nitrogens is 4. The van der Waals surface area contributed by atoms with E-state index >= 15 is 0 Å². The van der Waals surface area contributed by atoms with E-state index in [0.717, 1.165) is 63.7 Å². The molecule has 0 N–H and O–H groups in total. The van der Waals surface area contributed by atoms with Gasteiger partial charge >= 0.3 is 0 Å². The van der Waals surface area contributed by atoms with Crippen molar-refractivity contribution in [2.45, 2.75) is 19.4 Å². The maximum Gasteiger partial charge on any atom is 0.139 e. The first-order chi connectivity index (χ1) is 13.9. The number of nitrogens with zero attached hydrogens (tertiary/aromatic N) is 7. The number of fused-ring (bicyclic) bond motifs is 1. The zero-order valence-electron chi connectivity index (χ0n) is 16.2. The summed E-state index contributed by atoms with van der Waals surface area (Å²) in [6.07, 6.45) is 9.99. The molecule has 7 nitrogen and oxygen atoms in total. The highest BCUT2D eigenvalue weighted by Crippen LogP contribution is 2.29. The van der Waals surface area contributed by atoms with Crippen molar-refractivity contribution in [3.05, 3.63) is 43.2 Å². The number of piperazine rings is 1. The first kappa shape index (κ1) is 17.4. The molecule has 28 heavy (non-hydrogen) atoms. The third-order valence-electron chi connectivity index (χ3n) is 5.97. The molecule has 0 unspecified atom stereocenters. The molecule has 0 spiro atoms. The van der Waals surface area contributed by atoms with E-state index in [0.29, 0.717) is 0 Å². The number of hydrogen-bond acceptors (Lipinski definition) is 6. The van der Waals surface area contributed by atoms with Gasteiger partial charge in [0.1, 0.15) is 12.1 Å². The summed E-state index contributed by atoms with van der Waals surface area (Å²) in [5.74, 6) is 1.10. The maximum absolute atomic E-state index is 4.62. The average Bonchev–Trinajstić information content (AvgIpc) is 3.46. The average molecular weight is 377 g/mol. The van der Waals surface area contributed by atoms with Crippen molar-refractivity contribution in [1.29, 1.82) is 0 Å². The SMILES string of the molecule is c1cn(CCN2CCN(c3ccc4ncnc(N5CCCC5)c4c3)CC2)cn1. The van der Waals surface area contributed by atoms with Gasteiger partial charge in [0.2, 0.25) is 0 Å². The fourth-order valence-electron chi connectivity index (χ4n) is 4.31. The smallest absolute Gasteiger partial charge is 0.139 e. The second-order valence-electron chi connectivity index (χ2n) is 7.72. The number of hydrogen-bond donors (Lipinski definition) is 0. The summed E-state index contributed by atoms with van der Waals surface area (Å²) in [4.78, 5) is 20.7. The summed E-state index contributed by atoms with van der Waals surface area (Å²) >= 11 is 0. The van der Waals surface area contributed by atoms with Crippen LogP contribution in [0, 0.1) is 0 Å². The summed E-state index contributed by atoms with van der Waals surface area (Å²) in [7, 11) is 0. The van der Waals surface area contributed by atoms with E-state index < -0.39 is 0 Å². The highest BCUT2D eigenvalue weighted by molar-refractivity contribution is 5.92. The molecule has 0 bridgehead atoms. The van der Waals surface area contributed by atoms with Crippen LogP contribution in [0.1, 0.15) is 12.8 Å². The van der Waals surface area contributed by atoms with Crippen molar-refractivity contribution >= 4 is 22.4 Å². The Hall–Kier alpha value is -2.67. The molecule has 0 aliphatic carbocycles. The summed E-state index contributed by atoms with van der Waals surface area (Å²) in [5, 5.41) is 1.18. The molecule has 0 amide bonds. The Kier molecular flexibility index (Phi) is 4.83. The lowest BCUT2D eigenvalue weighted by atomic mass is 10.1. The maximum atomic E-state index is 4.62. The van der Waals surface area contributed by atoms with Crippen molar-refractivity contribution in [1.82, 2.24) is 24.4 Å². The Labute approximate surface area is 165 Å². The van der Waals surface area contributed by atoms with Crippen molar-refractivity contribution in [3.63, 3.8) is 0 Å². The van der Waals surface area contributed by atoms with E-state index in [-0.39, 0.29) is 0 Å². The van der Waals surface area contributed by atoms with Crippen LogP contribution in [0.2, 0.25) is 0 Å². The monoisotopic (exact) mass is 377 g/mol. The van der Waals surface area contributed by atoms with Crippen molar-refractivity contribution in [2.24, 2.45) is 0 Å². The molecule has 2 aromatic heterocycles. The quantitative estimate of drug-likeness (QED) is 0.680. The van der Waals surface area contributed by atoms with Gasteiger partial charge in [-0.25, -0.2) is 15.0 Å². The van der Waals surface area contributed by atoms with E-state index in [2.05, 4.69) is 52.4 Å². The summed E-state index contributed by atoms with van der Waals surface area (Å²) in [5.41, 5.74) is 2.33. The van der Waals surface area contributed by atoms with Gasteiger partial charge < -0.3 is 14.4 Å². The molecule has 0 radical (unpaired) electrons. The molecule has 0 atom stereocenters. The standard InChI is InChI=1S/C21H27N7/c1-2-7-28(6-1)21-19-15-18(3-4-20(19)23-16-24-21)27-13-11-25(12-14-27)9-10-26-8-5-22-17-26/h3-5,8,15-17H,1-2,6-7,9-14H2. The van der Waals surface area contributed by atoms with E-state index in [1.165, 1.54) is 23.9 Å². The third kappa shape index (κ3) is 3.54. The number of anilines is 2. The predicted molar refractivity (Wildman–Crippen MR) is 112 cm³/mol. The molecule has 4 heterocycles. The second kappa shape index (κ2) is 7.75. The van der Waals surface area contributed by atoms with Crippen LogP contribution in [0.5, 0.6) is 0 Å². The van der Waals surface area contributed by atoms with Crippen molar-refractivity contribution < 1.29 is 0 Å². The predicted octanol–water partition coefficient (Wildman–Crippen LogP) is 2.25. The van der Waals surface area contributed by atoms with Crippen LogP contribution in [-0.2, 0) is 6.54 Å². The molecule has 2 aliphatic heterocycles. The number of benzene rings is 1. The van der Waals surface area contributed by atoms with Gasteiger partial charge in [-0.1, -0.05) is 0 Å². The third-order valence-corrected chi connectivity index (χ3v) is 5.97. The first-order valence-electron chi connectivity index (χ1n) is 10.3. The molecule has 2 saturated heterocycles. The minimum atomic E-state index is 1.01. The van der Waals surface area contributed by atoms with Gasteiger partial charge in [-0.05, 0) is 31.0 Å². The fraction of sp³-hybridized carbons (Fsp3) is 0.476. The Morgan fingerprint density at radius 3 is 2.50 bits per heavy atom. The van der Waals surface area contributed by atoms with Crippen LogP contribution in [0.3, 0.4) is 0 Å². The Morgan fingerprint density at radius 1 is 0.857 bits per heavy atom. The highest BCUT2D eigenvalue weighted by atomic mass is 15.3. The van der Waals surface area contributed by atoms with Gasteiger partial charge in [0.15, 0.2) is 0 Å². The van der Waals surface area contributed by atoms with Gasteiger partial charge in [0, 0.05) is 75.8 Å². The molecule has 2 aliphatic rings. The second-order valence-corrected chi connectivity index (χ2v) is 7.72. The molecule has 146 valence electrons. The van der Waals surface area contributed by atoms with E-state index in [1.807, 2.05) is 18.7 Å². The molecular weight excluding hydrogens is 350 g/mol. The Morgan fingerprint density at radius 2 is 1.71 bits per heavy atom. The lowest BCUT2D eigenvalue weighted by molar-refractivity contribution is 0.248. The van der Waals surface area contributed by atoms with Crippen molar-refractivity contribution in [3.8, 4) is 0 Å². The Balaban J connectivity index is 1.28. The van der Waals surface area contributed by atoms with Crippen LogP contribution in [0.15, 0.2) is 43.2 Å². The zero-order valence-corrected chi connectivity index (χ0v) is 16.2. The van der Waals surface area contributed by atoms with E-state index in [4.69, 9.17) is 0 Å². The molecule has 5 rings (SSSR count). The molecule has 1 aromatic carbocycles. The molecule has 3 aromatic rings. The molecule has 2 fully saturated rings. The van der Waals surface area contributed by atoms with Crippen LogP contribution in [0.4, 0.5) is 11.5 Å². The van der Waals surface area contributed by atoms with Gasteiger partial charge in [-0.2, -0.15) is 0 Å². The first-order valence-corrected chi connectivity index (χ1v) is 10.3.